The summed E-state index contributed by atoms with van der Waals surface area (Å²) in [5.41, 5.74) is 9.10. The van der Waals surface area contributed by atoms with E-state index in [1.165, 1.54) is 6.33 Å². The molecule has 0 unspecified atom stereocenters. The van der Waals surface area contributed by atoms with Gasteiger partial charge in [-0.15, -0.1) is 6.42 Å². The van der Waals surface area contributed by atoms with Gasteiger partial charge < -0.3 is 20.5 Å². The second-order valence-corrected chi connectivity index (χ2v) is 7.30. The van der Waals surface area contributed by atoms with Gasteiger partial charge in [0.15, 0.2) is 0 Å². The highest BCUT2D eigenvalue weighted by molar-refractivity contribution is 5.94. The molecule has 1 heterocycles. The third-order valence-corrected chi connectivity index (χ3v) is 4.90. The van der Waals surface area contributed by atoms with Gasteiger partial charge in [-0.25, -0.2) is 9.97 Å². The number of carbonyl (C=O) groups excluding carboxylic acids is 1. The summed E-state index contributed by atoms with van der Waals surface area (Å²) in [5.74, 6) is 3.73. The fourth-order valence-corrected chi connectivity index (χ4v) is 3.29. The van der Waals surface area contributed by atoms with Gasteiger partial charge in [-0.2, -0.15) is 0 Å². The summed E-state index contributed by atoms with van der Waals surface area (Å²) in [6.45, 7) is 2.79. The Labute approximate surface area is 188 Å². The molecule has 7 nitrogen and oxygen atoms in total. The van der Waals surface area contributed by atoms with Gasteiger partial charge >= 0.3 is 5.97 Å². The Morgan fingerprint density at radius 1 is 1.16 bits per heavy atom. The van der Waals surface area contributed by atoms with Gasteiger partial charge in [0.05, 0.1) is 24.4 Å². The molecule has 0 amide bonds. The number of ether oxygens (including phenoxy) is 2. The summed E-state index contributed by atoms with van der Waals surface area (Å²) >= 11 is 0. The summed E-state index contributed by atoms with van der Waals surface area (Å²) in [4.78, 5) is 20.0. The van der Waals surface area contributed by atoms with Gasteiger partial charge in [0.1, 0.15) is 17.9 Å². The predicted molar refractivity (Wildman–Crippen MR) is 127 cm³/mol. The van der Waals surface area contributed by atoms with E-state index in [9.17, 15) is 4.79 Å². The lowest BCUT2D eigenvalue weighted by atomic mass is 10.1. The molecule has 0 aliphatic heterocycles. The van der Waals surface area contributed by atoms with E-state index in [4.69, 9.17) is 21.6 Å². The van der Waals surface area contributed by atoms with Crippen molar-refractivity contribution in [3.8, 4) is 18.1 Å². The lowest BCUT2D eigenvalue weighted by Gasteiger charge is -2.13. The molecular weight excluding hydrogens is 404 g/mol. The van der Waals surface area contributed by atoms with Gasteiger partial charge in [0.2, 0.25) is 0 Å². The third kappa shape index (κ3) is 6.35. The maximum absolute atomic E-state index is 11.3. The van der Waals surface area contributed by atoms with Crippen LogP contribution >= 0.6 is 0 Å². The SMILES string of the molecule is C#Cc1cccc(Nc2ncnc3cc(OCCCCCCC(=O)OCC)c(N)cc23)c1. The second kappa shape index (κ2) is 11.6. The number of benzene rings is 2. The highest BCUT2D eigenvalue weighted by Crippen LogP contribution is 2.31. The van der Waals surface area contributed by atoms with E-state index in [1.807, 2.05) is 43.3 Å². The first-order valence-corrected chi connectivity index (χ1v) is 10.8. The minimum atomic E-state index is -0.132. The standard InChI is InChI=1S/C25H28N4O3/c1-3-18-10-9-11-19(14-18)29-25-20-15-21(26)23(16-22(20)27-17-28-25)32-13-8-6-5-7-12-24(30)31-4-2/h1,9-11,14-17H,4-8,12-13,26H2,2H3,(H,27,28,29). The molecule has 0 atom stereocenters. The van der Waals surface area contributed by atoms with Crippen molar-refractivity contribution in [2.24, 2.45) is 0 Å². The molecule has 7 heteroatoms. The lowest BCUT2D eigenvalue weighted by Crippen LogP contribution is -2.04. The van der Waals surface area contributed by atoms with Crippen molar-refractivity contribution in [1.29, 1.82) is 0 Å². The Kier molecular flexibility index (Phi) is 8.27. The molecule has 3 aromatic rings. The van der Waals surface area contributed by atoms with Crippen molar-refractivity contribution in [3.63, 3.8) is 0 Å². The minimum absolute atomic E-state index is 0.132. The molecule has 3 N–H and O–H groups in total. The van der Waals surface area contributed by atoms with Crippen molar-refractivity contribution >= 4 is 34.1 Å². The van der Waals surface area contributed by atoms with Crippen LogP contribution in [-0.4, -0.2) is 29.2 Å². The van der Waals surface area contributed by atoms with Crippen LogP contribution in [0.2, 0.25) is 0 Å². The van der Waals surface area contributed by atoms with Crippen LogP contribution in [0, 0.1) is 12.3 Å². The summed E-state index contributed by atoms with van der Waals surface area (Å²) in [6, 6.07) is 11.2. The molecule has 3 rings (SSSR count). The van der Waals surface area contributed by atoms with Crippen molar-refractivity contribution in [2.75, 3.05) is 24.3 Å². The molecule has 0 saturated heterocycles. The molecule has 2 aromatic carbocycles. The Morgan fingerprint density at radius 3 is 2.81 bits per heavy atom. The number of nitrogens with zero attached hydrogens (tertiary/aromatic N) is 2. The van der Waals surface area contributed by atoms with Gasteiger partial charge in [0, 0.05) is 29.1 Å². The van der Waals surface area contributed by atoms with Crippen LogP contribution in [0.5, 0.6) is 5.75 Å². The number of esters is 1. The first-order chi connectivity index (χ1) is 15.6. The van der Waals surface area contributed by atoms with Gasteiger partial charge in [-0.05, 0) is 44.0 Å². The van der Waals surface area contributed by atoms with Gasteiger partial charge in [0.25, 0.3) is 0 Å². The Hall–Kier alpha value is -3.79. The van der Waals surface area contributed by atoms with E-state index in [-0.39, 0.29) is 5.97 Å². The van der Waals surface area contributed by atoms with Crippen LogP contribution in [-0.2, 0) is 9.53 Å². The van der Waals surface area contributed by atoms with E-state index in [1.54, 1.807) is 0 Å². The van der Waals surface area contributed by atoms with Crippen molar-refractivity contribution in [3.05, 3.63) is 48.3 Å². The average Bonchev–Trinajstić information content (AvgIpc) is 2.79. The summed E-state index contributed by atoms with van der Waals surface area (Å²) in [5, 5.41) is 4.07. The quantitative estimate of drug-likeness (QED) is 0.194. The summed E-state index contributed by atoms with van der Waals surface area (Å²) in [6.07, 6.45) is 11.1. The molecule has 0 spiro atoms. The van der Waals surface area contributed by atoms with Crippen LogP contribution < -0.4 is 15.8 Å². The van der Waals surface area contributed by atoms with Gasteiger partial charge in [-0.1, -0.05) is 24.8 Å². The maximum Gasteiger partial charge on any atom is 0.305 e. The largest absolute Gasteiger partial charge is 0.491 e. The van der Waals surface area contributed by atoms with E-state index >= 15 is 0 Å². The zero-order valence-electron chi connectivity index (χ0n) is 18.3. The second-order valence-electron chi connectivity index (χ2n) is 7.30. The number of hydrogen-bond donors (Lipinski definition) is 2. The number of terminal acetylenes is 1. The Balaban J connectivity index is 1.57. The molecule has 0 aliphatic carbocycles. The molecule has 0 fully saturated rings. The number of carbonyl (C=O) groups is 1. The number of nitrogens with one attached hydrogen (secondary N) is 1. The molecule has 166 valence electrons. The highest BCUT2D eigenvalue weighted by atomic mass is 16.5. The van der Waals surface area contributed by atoms with Crippen molar-refractivity contribution < 1.29 is 14.3 Å². The monoisotopic (exact) mass is 432 g/mol. The summed E-state index contributed by atoms with van der Waals surface area (Å²) < 4.78 is 10.8. The number of rotatable bonds is 11. The van der Waals surface area contributed by atoms with Crippen molar-refractivity contribution in [2.45, 2.75) is 39.0 Å². The maximum atomic E-state index is 11.3. The number of unbranched alkanes of at least 4 members (excludes halogenated alkanes) is 3. The molecule has 0 bridgehead atoms. The number of aromatic nitrogens is 2. The highest BCUT2D eigenvalue weighted by Gasteiger charge is 2.10. The van der Waals surface area contributed by atoms with Crippen LogP contribution in [0.15, 0.2) is 42.7 Å². The number of nitrogens with two attached hydrogens (primary N) is 1. The Bertz CT molecular complexity index is 1110. The zero-order valence-corrected chi connectivity index (χ0v) is 18.3. The van der Waals surface area contributed by atoms with E-state index in [2.05, 4.69) is 21.2 Å². The molecule has 0 aliphatic rings. The zero-order chi connectivity index (χ0) is 22.8. The molecular formula is C25H28N4O3. The number of hydrogen-bond acceptors (Lipinski definition) is 7. The fraction of sp³-hybridized carbons (Fsp3) is 0.320. The van der Waals surface area contributed by atoms with Crippen molar-refractivity contribution in [1.82, 2.24) is 9.97 Å². The molecule has 0 saturated carbocycles. The van der Waals surface area contributed by atoms with Crippen LogP contribution in [0.3, 0.4) is 0 Å². The van der Waals surface area contributed by atoms with E-state index < -0.39 is 0 Å². The van der Waals surface area contributed by atoms with Crippen LogP contribution in [0.1, 0.15) is 44.6 Å². The smallest absolute Gasteiger partial charge is 0.305 e. The molecule has 32 heavy (non-hydrogen) atoms. The van der Waals surface area contributed by atoms with Gasteiger partial charge in [-0.3, -0.25) is 4.79 Å². The predicted octanol–water partition coefficient (Wildman–Crippen LogP) is 4.83. The third-order valence-electron chi connectivity index (χ3n) is 4.90. The first kappa shape index (κ1) is 22.9. The molecule has 0 radical (unpaired) electrons. The normalized spacial score (nSPS) is 10.5. The fourth-order valence-electron chi connectivity index (χ4n) is 3.29. The number of fused-ring (bicyclic) bond motifs is 1. The van der Waals surface area contributed by atoms with Crippen LogP contribution in [0.4, 0.5) is 17.2 Å². The number of anilines is 3. The Morgan fingerprint density at radius 2 is 2.00 bits per heavy atom. The van der Waals surface area contributed by atoms with E-state index in [0.717, 1.165) is 47.8 Å². The van der Waals surface area contributed by atoms with Crippen LogP contribution in [0.25, 0.3) is 10.9 Å². The minimum Gasteiger partial charge on any atom is -0.491 e. The molecule has 1 aromatic heterocycles. The lowest BCUT2D eigenvalue weighted by molar-refractivity contribution is -0.143. The first-order valence-electron chi connectivity index (χ1n) is 10.8. The summed E-state index contributed by atoms with van der Waals surface area (Å²) in [7, 11) is 0. The average molecular weight is 433 g/mol. The number of nitrogen functional groups attached to an aromatic ring is 1. The van der Waals surface area contributed by atoms with E-state index in [0.29, 0.717) is 36.9 Å². The topological polar surface area (TPSA) is 99.4 Å².